The number of fused-ring (bicyclic) bond motifs is 1. The van der Waals surface area contributed by atoms with Gasteiger partial charge in [0.05, 0.1) is 30.6 Å². The molecule has 0 radical (unpaired) electrons. The number of ether oxygens (including phenoxy) is 2. The molecule has 1 aromatic heterocycles. The highest BCUT2D eigenvalue weighted by atomic mass is 19.3. The Morgan fingerprint density at radius 3 is 2.60 bits per heavy atom. The minimum absolute atomic E-state index is 0.00267. The highest BCUT2D eigenvalue weighted by Gasteiger charge is 2.41. The number of alkyl carbamates (subject to hydrolysis) is 1. The van der Waals surface area contributed by atoms with E-state index in [1.165, 1.54) is 25.7 Å². The molecule has 4 atom stereocenters. The molecule has 12 heteroatoms. The number of halogens is 4. The van der Waals surface area contributed by atoms with E-state index < -0.39 is 36.4 Å². The van der Waals surface area contributed by atoms with Crippen molar-refractivity contribution in [2.24, 2.45) is 11.7 Å². The molecule has 2 aliphatic rings. The van der Waals surface area contributed by atoms with E-state index in [0.717, 1.165) is 48.4 Å². The first kappa shape index (κ1) is 35.2. The predicted octanol–water partition coefficient (Wildman–Crippen LogP) is 7.17. The van der Waals surface area contributed by atoms with Gasteiger partial charge < -0.3 is 20.5 Å². The van der Waals surface area contributed by atoms with Crippen molar-refractivity contribution < 1.29 is 31.8 Å². The lowest BCUT2D eigenvalue weighted by Crippen LogP contribution is -2.51. The second kappa shape index (κ2) is 17.3. The van der Waals surface area contributed by atoms with Crippen LogP contribution in [0.15, 0.2) is 18.2 Å². The highest BCUT2D eigenvalue weighted by molar-refractivity contribution is 5.67. The van der Waals surface area contributed by atoms with Crippen LogP contribution in [-0.4, -0.2) is 52.4 Å². The molecule has 1 saturated heterocycles. The maximum absolute atomic E-state index is 14.8. The molecule has 4 rings (SSSR count). The Labute approximate surface area is 264 Å². The largest absolute Gasteiger partial charge is 0.450 e. The van der Waals surface area contributed by atoms with Gasteiger partial charge in [-0.05, 0) is 49.9 Å². The zero-order valence-corrected chi connectivity index (χ0v) is 26.6. The SMILES string of the molecule is CCCCCCCCC(CN)Cc1nc2c(n1C(F)F)CN([C@H]1CO[C@H](c3cc(F)ccc3F)[C@@H](NC(=O)OCCCC)C1)C2. The monoisotopic (exact) mass is 639 g/mol. The normalized spacial score (nSPS) is 20.8. The van der Waals surface area contributed by atoms with E-state index in [-0.39, 0.29) is 37.3 Å². The van der Waals surface area contributed by atoms with Crippen LogP contribution in [0.5, 0.6) is 0 Å². The number of nitrogens with two attached hydrogens (primary N) is 1. The number of amides is 1. The number of alkyl halides is 2. The number of benzene rings is 1. The number of nitrogens with one attached hydrogen (secondary N) is 1. The van der Waals surface area contributed by atoms with Crippen LogP contribution in [0.3, 0.4) is 0 Å². The number of aromatic nitrogens is 2. The van der Waals surface area contributed by atoms with Crippen LogP contribution in [0.4, 0.5) is 22.4 Å². The molecule has 0 aliphatic carbocycles. The van der Waals surface area contributed by atoms with Crippen LogP contribution in [0.25, 0.3) is 0 Å². The van der Waals surface area contributed by atoms with Crippen LogP contribution in [0.1, 0.15) is 113 Å². The molecule has 2 aliphatic heterocycles. The lowest BCUT2D eigenvalue weighted by atomic mass is 9.92. The predicted molar refractivity (Wildman–Crippen MR) is 164 cm³/mol. The van der Waals surface area contributed by atoms with E-state index >= 15 is 0 Å². The van der Waals surface area contributed by atoms with Gasteiger partial charge in [0.25, 0.3) is 0 Å². The molecule has 0 spiro atoms. The second-order valence-electron chi connectivity index (χ2n) is 12.4. The summed E-state index contributed by atoms with van der Waals surface area (Å²) in [5, 5.41) is 2.78. The van der Waals surface area contributed by atoms with E-state index in [1.807, 2.05) is 11.8 Å². The second-order valence-corrected chi connectivity index (χ2v) is 12.4. The molecule has 0 bridgehead atoms. The van der Waals surface area contributed by atoms with Gasteiger partial charge in [0.1, 0.15) is 23.6 Å². The zero-order chi connectivity index (χ0) is 32.3. The summed E-state index contributed by atoms with van der Waals surface area (Å²) < 4.78 is 70.1. The Morgan fingerprint density at radius 2 is 1.87 bits per heavy atom. The topological polar surface area (TPSA) is 94.6 Å². The van der Waals surface area contributed by atoms with Crippen molar-refractivity contribution >= 4 is 6.09 Å². The molecular formula is C33H49F4N5O3. The van der Waals surface area contributed by atoms with Gasteiger partial charge in [-0.15, -0.1) is 0 Å². The minimum atomic E-state index is -2.74. The number of nitrogens with zero attached hydrogens (tertiary/aromatic N) is 3. The Bertz CT molecular complexity index is 1230. The van der Waals surface area contributed by atoms with Crippen LogP contribution in [0, 0.1) is 17.6 Å². The number of hydrogen-bond donors (Lipinski definition) is 2. The minimum Gasteiger partial charge on any atom is -0.450 e. The van der Waals surface area contributed by atoms with Gasteiger partial charge in [-0.25, -0.2) is 18.6 Å². The highest BCUT2D eigenvalue weighted by Crippen LogP contribution is 2.37. The quantitative estimate of drug-likeness (QED) is 0.141. The van der Waals surface area contributed by atoms with Gasteiger partial charge in [-0.3, -0.25) is 9.47 Å². The average molecular weight is 640 g/mol. The fourth-order valence-corrected chi connectivity index (χ4v) is 6.46. The number of hydrogen-bond acceptors (Lipinski definition) is 6. The van der Waals surface area contributed by atoms with E-state index in [9.17, 15) is 22.4 Å². The number of carbonyl (C=O) groups is 1. The summed E-state index contributed by atoms with van der Waals surface area (Å²) in [5.74, 6) is -0.809. The third-order valence-corrected chi connectivity index (χ3v) is 9.01. The van der Waals surface area contributed by atoms with Gasteiger partial charge in [-0.2, -0.15) is 8.78 Å². The van der Waals surface area contributed by atoms with Crippen LogP contribution < -0.4 is 11.1 Å². The Hall–Kier alpha value is -2.70. The summed E-state index contributed by atoms with van der Waals surface area (Å²) in [6.07, 6.45) is 8.51. The zero-order valence-electron chi connectivity index (χ0n) is 26.6. The smallest absolute Gasteiger partial charge is 0.407 e. The lowest BCUT2D eigenvalue weighted by molar-refractivity contribution is -0.0615. The molecule has 252 valence electrons. The van der Waals surface area contributed by atoms with Crippen LogP contribution in [0.2, 0.25) is 0 Å². The molecule has 3 heterocycles. The third-order valence-electron chi connectivity index (χ3n) is 9.01. The number of unbranched alkanes of at least 4 members (excludes halogenated alkanes) is 6. The first-order valence-electron chi connectivity index (χ1n) is 16.6. The standard InChI is InChI=1S/C33H49F4N5O3/c1-3-5-7-8-9-10-11-22(18-38)15-30-39-28-19-41(20-29(28)42(30)32(36)37)24-17-27(40-33(43)44-14-6-4-2)31(45-21-24)25-16-23(34)12-13-26(25)35/h12-13,16,22,24,27,31-32H,3-11,14-15,17-21,38H2,1-2H3,(H,40,43)/t22?,24-,27+,31-/m1/s1. The van der Waals surface area contributed by atoms with Crippen LogP contribution >= 0.6 is 0 Å². The summed E-state index contributed by atoms with van der Waals surface area (Å²) in [7, 11) is 0. The molecule has 1 amide bonds. The fraction of sp³-hybridized carbons (Fsp3) is 0.697. The van der Waals surface area contributed by atoms with Crippen molar-refractivity contribution in [3.63, 3.8) is 0 Å². The summed E-state index contributed by atoms with van der Waals surface area (Å²) in [6.45, 7) is 2.79. The van der Waals surface area contributed by atoms with Crippen LogP contribution in [-0.2, 0) is 29.0 Å². The number of carbonyl (C=O) groups excluding carboxylic acids is 1. The van der Waals surface area contributed by atoms with Crippen molar-refractivity contribution in [3.05, 3.63) is 52.6 Å². The molecule has 1 aromatic carbocycles. The van der Waals surface area contributed by atoms with Crippen molar-refractivity contribution in [3.8, 4) is 0 Å². The third kappa shape index (κ3) is 9.42. The molecule has 45 heavy (non-hydrogen) atoms. The Balaban J connectivity index is 1.43. The van der Waals surface area contributed by atoms with E-state index in [4.69, 9.17) is 15.2 Å². The Morgan fingerprint density at radius 1 is 1.11 bits per heavy atom. The van der Waals surface area contributed by atoms with Gasteiger partial charge >= 0.3 is 12.6 Å². The Kier molecular flexibility index (Phi) is 13.5. The van der Waals surface area contributed by atoms with Gasteiger partial charge in [0.2, 0.25) is 0 Å². The van der Waals surface area contributed by atoms with Crippen molar-refractivity contribution in [1.82, 2.24) is 19.8 Å². The summed E-state index contributed by atoms with van der Waals surface area (Å²) in [5.41, 5.74) is 7.11. The van der Waals surface area contributed by atoms with Crippen molar-refractivity contribution in [2.45, 2.75) is 122 Å². The fourth-order valence-electron chi connectivity index (χ4n) is 6.46. The van der Waals surface area contributed by atoms with Gasteiger partial charge in [0, 0.05) is 31.1 Å². The maximum atomic E-state index is 14.8. The molecule has 0 saturated carbocycles. The average Bonchev–Trinajstić information content (AvgIpc) is 3.57. The molecule has 2 aromatic rings. The summed E-state index contributed by atoms with van der Waals surface area (Å²) in [6, 6.07) is 2.11. The molecule has 8 nitrogen and oxygen atoms in total. The first-order valence-corrected chi connectivity index (χ1v) is 16.6. The first-order chi connectivity index (χ1) is 21.7. The number of rotatable bonds is 17. The molecular weight excluding hydrogens is 590 g/mol. The van der Waals surface area contributed by atoms with Crippen molar-refractivity contribution in [1.29, 1.82) is 0 Å². The summed E-state index contributed by atoms with van der Waals surface area (Å²) in [4.78, 5) is 19.3. The maximum Gasteiger partial charge on any atom is 0.407 e. The molecule has 1 fully saturated rings. The van der Waals surface area contributed by atoms with E-state index in [1.54, 1.807) is 0 Å². The van der Waals surface area contributed by atoms with Crippen molar-refractivity contribution in [2.75, 3.05) is 19.8 Å². The summed E-state index contributed by atoms with van der Waals surface area (Å²) >= 11 is 0. The molecule has 1 unspecified atom stereocenters. The van der Waals surface area contributed by atoms with Gasteiger partial charge in [-0.1, -0.05) is 58.8 Å². The van der Waals surface area contributed by atoms with E-state index in [2.05, 4.69) is 17.2 Å². The van der Waals surface area contributed by atoms with E-state index in [0.29, 0.717) is 49.6 Å². The lowest BCUT2D eigenvalue weighted by Gasteiger charge is -2.40. The van der Waals surface area contributed by atoms with Gasteiger partial charge in [0.15, 0.2) is 0 Å². The molecule has 3 N–H and O–H groups in total. The number of imidazole rings is 1.